The SMILES string of the molecule is CC#CCNC(Cc1ccccn1)C1CC1. The maximum Gasteiger partial charge on any atom is 0.0578 e. The Morgan fingerprint density at radius 3 is 3.00 bits per heavy atom. The normalized spacial score (nSPS) is 16.3. The maximum atomic E-state index is 4.38. The number of pyridine rings is 1. The Bertz CT molecular complexity index is 371. The molecular formula is C14H18N2. The van der Waals surface area contributed by atoms with Crippen LogP contribution in [0.5, 0.6) is 0 Å². The lowest BCUT2D eigenvalue weighted by Crippen LogP contribution is -2.33. The molecule has 0 radical (unpaired) electrons. The van der Waals surface area contributed by atoms with Gasteiger partial charge in [0.05, 0.1) is 6.54 Å². The Morgan fingerprint density at radius 1 is 1.50 bits per heavy atom. The van der Waals surface area contributed by atoms with E-state index in [2.05, 4.69) is 34.3 Å². The molecule has 1 heterocycles. The molecule has 1 saturated carbocycles. The molecule has 0 aromatic carbocycles. The summed E-state index contributed by atoms with van der Waals surface area (Å²) in [5.74, 6) is 6.82. The lowest BCUT2D eigenvalue weighted by molar-refractivity contribution is 0.481. The van der Waals surface area contributed by atoms with Crippen molar-refractivity contribution < 1.29 is 0 Å². The molecule has 0 bridgehead atoms. The minimum Gasteiger partial charge on any atom is -0.303 e. The second kappa shape index (κ2) is 5.67. The number of hydrogen-bond acceptors (Lipinski definition) is 2. The van der Waals surface area contributed by atoms with E-state index in [4.69, 9.17) is 0 Å². The van der Waals surface area contributed by atoms with Crippen molar-refractivity contribution in [1.29, 1.82) is 0 Å². The Labute approximate surface area is 97.5 Å². The average Bonchev–Trinajstić information content (AvgIpc) is 3.13. The topological polar surface area (TPSA) is 24.9 Å². The molecule has 2 heteroatoms. The molecule has 1 aliphatic rings. The third kappa shape index (κ3) is 3.36. The Morgan fingerprint density at radius 2 is 2.38 bits per heavy atom. The third-order valence-corrected chi connectivity index (χ3v) is 2.98. The van der Waals surface area contributed by atoms with E-state index in [-0.39, 0.29) is 0 Å². The quantitative estimate of drug-likeness (QED) is 0.758. The molecule has 2 nitrogen and oxygen atoms in total. The molecule has 2 rings (SSSR count). The first kappa shape index (κ1) is 11.2. The van der Waals surface area contributed by atoms with Crippen molar-refractivity contribution in [2.24, 2.45) is 5.92 Å². The smallest absolute Gasteiger partial charge is 0.0578 e. The van der Waals surface area contributed by atoms with E-state index >= 15 is 0 Å². The van der Waals surface area contributed by atoms with Crippen LogP contribution in [0, 0.1) is 17.8 Å². The highest BCUT2D eigenvalue weighted by Crippen LogP contribution is 2.33. The van der Waals surface area contributed by atoms with Crippen LogP contribution in [0.25, 0.3) is 0 Å². The van der Waals surface area contributed by atoms with Gasteiger partial charge in [-0.2, -0.15) is 0 Å². The number of nitrogens with zero attached hydrogens (tertiary/aromatic N) is 1. The zero-order chi connectivity index (χ0) is 11.2. The molecule has 1 atom stereocenters. The number of rotatable bonds is 5. The molecule has 84 valence electrons. The summed E-state index contributed by atoms with van der Waals surface area (Å²) in [5, 5.41) is 3.52. The molecule has 1 aromatic rings. The summed E-state index contributed by atoms with van der Waals surface area (Å²) < 4.78 is 0. The lowest BCUT2D eigenvalue weighted by Gasteiger charge is -2.16. The van der Waals surface area contributed by atoms with E-state index < -0.39 is 0 Å². The molecule has 1 fully saturated rings. The van der Waals surface area contributed by atoms with Crippen LogP contribution in [-0.2, 0) is 6.42 Å². The van der Waals surface area contributed by atoms with Gasteiger partial charge in [0.15, 0.2) is 0 Å². The van der Waals surface area contributed by atoms with Crippen LogP contribution < -0.4 is 5.32 Å². The minimum atomic E-state index is 0.552. The highest BCUT2D eigenvalue weighted by molar-refractivity contribution is 5.08. The van der Waals surface area contributed by atoms with Gasteiger partial charge in [-0.25, -0.2) is 0 Å². The van der Waals surface area contributed by atoms with Crippen molar-refractivity contribution in [3.8, 4) is 11.8 Å². The van der Waals surface area contributed by atoms with E-state index in [1.165, 1.54) is 18.5 Å². The van der Waals surface area contributed by atoms with Gasteiger partial charge in [-0.05, 0) is 37.8 Å². The average molecular weight is 214 g/mol. The van der Waals surface area contributed by atoms with Crippen LogP contribution in [0.2, 0.25) is 0 Å². The van der Waals surface area contributed by atoms with Crippen LogP contribution >= 0.6 is 0 Å². The minimum absolute atomic E-state index is 0.552. The van der Waals surface area contributed by atoms with Crippen molar-refractivity contribution in [3.05, 3.63) is 30.1 Å². The van der Waals surface area contributed by atoms with Crippen molar-refractivity contribution in [3.63, 3.8) is 0 Å². The van der Waals surface area contributed by atoms with Gasteiger partial charge in [-0.1, -0.05) is 12.0 Å². The predicted octanol–water partition coefficient (Wildman–Crippen LogP) is 2.02. The summed E-state index contributed by atoms with van der Waals surface area (Å²) in [6.45, 7) is 2.68. The summed E-state index contributed by atoms with van der Waals surface area (Å²) in [7, 11) is 0. The first-order valence-electron chi connectivity index (χ1n) is 5.93. The Kier molecular flexibility index (Phi) is 3.96. The summed E-state index contributed by atoms with van der Waals surface area (Å²) >= 11 is 0. The molecule has 0 amide bonds. The Balaban J connectivity index is 1.89. The molecule has 1 aliphatic carbocycles. The molecule has 0 aliphatic heterocycles. The van der Waals surface area contributed by atoms with Gasteiger partial charge in [-0.3, -0.25) is 4.98 Å². The first-order valence-corrected chi connectivity index (χ1v) is 5.93. The zero-order valence-electron chi connectivity index (χ0n) is 9.74. The van der Waals surface area contributed by atoms with Gasteiger partial charge in [0.1, 0.15) is 0 Å². The largest absolute Gasteiger partial charge is 0.303 e. The van der Waals surface area contributed by atoms with Crippen molar-refractivity contribution >= 4 is 0 Å². The Hall–Kier alpha value is -1.33. The van der Waals surface area contributed by atoms with Crippen LogP contribution in [0.1, 0.15) is 25.5 Å². The van der Waals surface area contributed by atoms with Crippen molar-refractivity contribution in [2.75, 3.05) is 6.54 Å². The molecule has 16 heavy (non-hydrogen) atoms. The standard InChI is InChI=1S/C14H18N2/c1-2-3-9-16-14(12-7-8-12)11-13-6-4-5-10-15-13/h4-6,10,12,14,16H,7-9,11H2,1H3. The van der Waals surface area contributed by atoms with E-state index in [1.54, 1.807) is 0 Å². The van der Waals surface area contributed by atoms with Crippen molar-refractivity contribution in [2.45, 2.75) is 32.2 Å². The fourth-order valence-electron chi connectivity index (χ4n) is 1.92. The lowest BCUT2D eigenvalue weighted by atomic mass is 10.1. The number of nitrogens with one attached hydrogen (secondary N) is 1. The van der Waals surface area contributed by atoms with Gasteiger partial charge in [0.2, 0.25) is 0 Å². The fraction of sp³-hybridized carbons (Fsp3) is 0.500. The van der Waals surface area contributed by atoms with E-state index in [0.29, 0.717) is 6.04 Å². The summed E-state index contributed by atoms with van der Waals surface area (Å²) in [6, 6.07) is 6.67. The van der Waals surface area contributed by atoms with E-state index in [9.17, 15) is 0 Å². The van der Waals surface area contributed by atoms with Gasteiger partial charge < -0.3 is 5.32 Å². The number of aromatic nitrogens is 1. The first-order chi connectivity index (χ1) is 7.90. The second-order valence-electron chi connectivity index (χ2n) is 4.28. The third-order valence-electron chi connectivity index (χ3n) is 2.98. The predicted molar refractivity (Wildman–Crippen MR) is 65.9 cm³/mol. The maximum absolute atomic E-state index is 4.38. The molecule has 1 aromatic heterocycles. The molecule has 0 saturated heterocycles. The van der Waals surface area contributed by atoms with Gasteiger partial charge in [-0.15, -0.1) is 5.92 Å². The highest BCUT2D eigenvalue weighted by Gasteiger charge is 2.30. The van der Waals surface area contributed by atoms with E-state index in [0.717, 1.165) is 18.9 Å². The molecular weight excluding hydrogens is 196 g/mol. The van der Waals surface area contributed by atoms with Crippen molar-refractivity contribution in [1.82, 2.24) is 10.3 Å². The monoisotopic (exact) mass is 214 g/mol. The van der Waals surface area contributed by atoms with Gasteiger partial charge in [0.25, 0.3) is 0 Å². The second-order valence-corrected chi connectivity index (χ2v) is 4.28. The summed E-state index contributed by atoms with van der Waals surface area (Å²) in [6.07, 6.45) is 5.59. The molecule has 1 unspecified atom stereocenters. The fourth-order valence-corrected chi connectivity index (χ4v) is 1.92. The van der Waals surface area contributed by atoms with Crippen LogP contribution in [0.15, 0.2) is 24.4 Å². The van der Waals surface area contributed by atoms with Crippen LogP contribution in [0.4, 0.5) is 0 Å². The van der Waals surface area contributed by atoms with Crippen LogP contribution in [-0.4, -0.2) is 17.6 Å². The van der Waals surface area contributed by atoms with Gasteiger partial charge in [0, 0.05) is 24.4 Å². The van der Waals surface area contributed by atoms with Gasteiger partial charge >= 0.3 is 0 Å². The summed E-state index contributed by atoms with van der Waals surface area (Å²) in [4.78, 5) is 4.38. The highest BCUT2D eigenvalue weighted by atomic mass is 14.9. The molecule has 1 N–H and O–H groups in total. The zero-order valence-corrected chi connectivity index (χ0v) is 9.74. The van der Waals surface area contributed by atoms with Crippen LogP contribution in [0.3, 0.4) is 0 Å². The number of hydrogen-bond donors (Lipinski definition) is 1. The molecule has 0 spiro atoms. The summed E-state index contributed by atoms with van der Waals surface area (Å²) in [5.41, 5.74) is 1.18. The van der Waals surface area contributed by atoms with E-state index in [1.807, 2.05) is 19.2 Å².